The van der Waals surface area contributed by atoms with Crippen molar-refractivity contribution >= 4 is 10.8 Å². The third-order valence-electron chi connectivity index (χ3n) is 6.65. The molecule has 0 aliphatic heterocycles. The van der Waals surface area contributed by atoms with E-state index < -0.39 is 0 Å². The lowest BCUT2D eigenvalue weighted by Gasteiger charge is -2.24. The quantitative estimate of drug-likeness (QED) is 0.350. The Morgan fingerprint density at radius 3 is 2.29 bits per heavy atom. The summed E-state index contributed by atoms with van der Waals surface area (Å²) in [5.74, 6) is 0. The molecular weight excluding hydrogens is 338 g/mol. The first-order valence-electron chi connectivity index (χ1n) is 10.00. The number of fused-ring (bicyclic) bond motifs is 5. The highest BCUT2D eigenvalue weighted by Crippen LogP contribution is 2.53. The maximum Gasteiger partial charge on any atom is 0.0749 e. The van der Waals surface area contributed by atoms with Crippen LogP contribution in [0.5, 0.6) is 0 Å². The summed E-state index contributed by atoms with van der Waals surface area (Å²) in [4.78, 5) is 4.89. The third-order valence-corrected chi connectivity index (χ3v) is 6.65. The van der Waals surface area contributed by atoms with Gasteiger partial charge in [0.25, 0.3) is 0 Å². The highest BCUT2D eigenvalue weighted by molar-refractivity contribution is 6.03. The Labute approximate surface area is 167 Å². The molecule has 1 aliphatic carbocycles. The predicted octanol–water partition coefficient (Wildman–Crippen LogP) is 7.13. The van der Waals surface area contributed by atoms with E-state index in [1.807, 2.05) is 6.20 Å². The summed E-state index contributed by atoms with van der Waals surface area (Å²) < 4.78 is 0. The molecule has 0 radical (unpaired) electrons. The van der Waals surface area contributed by atoms with E-state index in [4.69, 9.17) is 4.98 Å². The highest BCUT2D eigenvalue weighted by Gasteiger charge is 2.39. The first-order chi connectivity index (χ1) is 13.4. The van der Waals surface area contributed by atoms with Crippen LogP contribution in [0.3, 0.4) is 0 Å². The van der Waals surface area contributed by atoms with Gasteiger partial charge in [-0.05, 0) is 88.7 Å². The topological polar surface area (TPSA) is 12.9 Å². The van der Waals surface area contributed by atoms with E-state index in [0.717, 1.165) is 5.69 Å². The normalized spacial score (nSPS) is 14.2. The Morgan fingerprint density at radius 2 is 1.54 bits per heavy atom. The molecule has 0 N–H and O–H groups in total. The van der Waals surface area contributed by atoms with Crippen molar-refractivity contribution in [1.29, 1.82) is 0 Å². The largest absolute Gasteiger partial charge is 0.256 e. The molecule has 1 heterocycles. The van der Waals surface area contributed by atoms with E-state index in [1.54, 1.807) is 0 Å². The molecule has 0 saturated heterocycles. The van der Waals surface area contributed by atoms with Gasteiger partial charge in [0, 0.05) is 17.2 Å². The first-order valence-corrected chi connectivity index (χ1v) is 10.00. The van der Waals surface area contributed by atoms with E-state index in [2.05, 4.69) is 89.2 Å². The fraction of sp³-hybridized carbons (Fsp3) is 0.222. The number of rotatable bonds is 1. The molecule has 5 rings (SSSR count). The minimum absolute atomic E-state index is 0.0784. The lowest BCUT2D eigenvalue weighted by molar-refractivity contribution is 0.660. The van der Waals surface area contributed by atoms with Crippen molar-refractivity contribution in [3.05, 3.63) is 88.6 Å². The lowest BCUT2D eigenvalue weighted by Crippen LogP contribution is -2.17. The Bertz CT molecular complexity index is 1240. The molecule has 1 aromatic heterocycles. The molecule has 1 nitrogen and oxygen atoms in total. The van der Waals surface area contributed by atoms with Crippen molar-refractivity contribution in [2.75, 3.05) is 0 Å². The number of hydrogen-bond acceptors (Lipinski definition) is 1. The molecule has 1 aliphatic rings. The number of pyridine rings is 1. The van der Waals surface area contributed by atoms with Crippen LogP contribution in [-0.4, -0.2) is 4.98 Å². The lowest BCUT2D eigenvalue weighted by atomic mass is 9.80. The van der Waals surface area contributed by atoms with Gasteiger partial charge in [-0.15, -0.1) is 0 Å². The fourth-order valence-corrected chi connectivity index (χ4v) is 4.91. The molecule has 0 amide bonds. The van der Waals surface area contributed by atoms with Gasteiger partial charge in [-0.25, -0.2) is 0 Å². The van der Waals surface area contributed by atoms with Crippen LogP contribution in [0, 0.1) is 20.8 Å². The molecule has 0 unspecified atom stereocenters. The number of aryl methyl sites for hydroxylation is 2. The Kier molecular flexibility index (Phi) is 3.55. The van der Waals surface area contributed by atoms with Gasteiger partial charge in [-0.1, -0.05) is 50.2 Å². The van der Waals surface area contributed by atoms with Crippen LogP contribution < -0.4 is 0 Å². The molecule has 138 valence electrons. The van der Waals surface area contributed by atoms with E-state index in [-0.39, 0.29) is 5.41 Å². The molecule has 0 atom stereocenters. The summed E-state index contributed by atoms with van der Waals surface area (Å²) >= 11 is 0. The fourth-order valence-electron chi connectivity index (χ4n) is 4.91. The summed E-state index contributed by atoms with van der Waals surface area (Å²) in [5, 5.41) is 2.63. The van der Waals surface area contributed by atoms with Crippen molar-refractivity contribution in [2.24, 2.45) is 0 Å². The number of hydrogen-bond donors (Lipinski definition) is 0. The average molecular weight is 364 g/mol. The van der Waals surface area contributed by atoms with E-state index in [0.29, 0.717) is 0 Å². The third kappa shape index (κ3) is 2.22. The van der Waals surface area contributed by atoms with Crippen LogP contribution in [-0.2, 0) is 5.41 Å². The van der Waals surface area contributed by atoms with Gasteiger partial charge in [0.15, 0.2) is 0 Å². The maximum absolute atomic E-state index is 4.89. The molecule has 4 aromatic rings. The number of aromatic nitrogens is 1. The number of benzene rings is 3. The summed E-state index contributed by atoms with van der Waals surface area (Å²) in [7, 11) is 0. The summed E-state index contributed by atoms with van der Waals surface area (Å²) in [6, 6.07) is 20.1. The van der Waals surface area contributed by atoms with Crippen LogP contribution in [0.1, 0.15) is 41.7 Å². The standard InChI is InChI=1S/C27H25N/c1-16-14-20(15-17(2)18(16)3)26-25-22(12-13-28-26)24-21-9-7-6-8-19(21)10-11-23(24)27(25,4)5/h6-15H,1-5H3. The SMILES string of the molecule is Cc1cc(-c2nccc3c2C(C)(C)c2ccc4ccccc4c2-3)cc(C)c1C. The zero-order valence-corrected chi connectivity index (χ0v) is 17.2. The first kappa shape index (κ1) is 17.2. The molecule has 0 bridgehead atoms. The van der Waals surface area contributed by atoms with Crippen LogP contribution in [0.4, 0.5) is 0 Å². The average Bonchev–Trinajstić information content (AvgIpc) is 2.93. The van der Waals surface area contributed by atoms with Crippen molar-refractivity contribution < 1.29 is 0 Å². The van der Waals surface area contributed by atoms with Crippen molar-refractivity contribution in [3.8, 4) is 22.4 Å². The van der Waals surface area contributed by atoms with Crippen molar-refractivity contribution in [2.45, 2.75) is 40.0 Å². The highest BCUT2D eigenvalue weighted by atomic mass is 14.7. The van der Waals surface area contributed by atoms with E-state index >= 15 is 0 Å². The van der Waals surface area contributed by atoms with Crippen LogP contribution >= 0.6 is 0 Å². The molecule has 0 spiro atoms. The van der Waals surface area contributed by atoms with Gasteiger partial charge < -0.3 is 0 Å². The summed E-state index contributed by atoms with van der Waals surface area (Å²) in [6.45, 7) is 11.3. The second-order valence-corrected chi connectivity index (χ2v) is 8.65. The van der Waals surface area contributed by atoms with Gasteiger partial charge in [-0.3, -0.25) is 4.98 Å². The van der Waals surface area contributed by atoms with Gasteiger partial charge in [-0.2, -0.15) is 0 Å². The monoisotopic (exact) mass is 363 g/mol. The second-order valence-electron chi connectivity index (χ2n) is 8.65. The zero-order valence-electron chi connectivity index (χ0n) is 17.2. The molecule has 3 aromatic carbocycles. The van der Waals surface area contributed by atoms with Crippen LogP contribution in [0.15, 0.2) is 60.8 Å². The molecular formula is C27H25N. The molecule has 1 heteroatoms. The second kappa shape index (κ2) is 5.78. The minimum atomic E-state index is -0.0784. The van der Waals surface area contributed by atoms with E-state index in [1.165, 1.54) is 55.3 Å². The van der Waals surface area contributed by atoms with Gasteiger partial charge in [0.2, 0.25) is 0 Å². The molecule has 0 fully saturated rings. The Balaban J connectivity index is 1.87. The maximum atomic E-state index is 4.89. The van der Waals surface area contributed by atoms with Crippen LogP contribution in [0.2, 0.25) is 0 Å². The minimum Gasteiger partial charge on any atom is -0.256 e. The zero-order chi connectivity index (χ0) is 19.6. The van der Waals surface area contributed by atoms with Gasteiger partial charge in [0.1, 0.15) is 0 Å². The van der Waals surface area contributed by atoms with Gasteiger partial charge in [0.05, 0.1) is 5.69 Å². The molecule has 0 saturated carbocycles. The smallest absolute Gasteiger partial charge is 0.0749 e. The van der Waals surface area contributed by atoms with Gasteiger partial charge >= 0.3 is 0 Å². The van der Waals surface area contributed by atoms with E-state index in [9.17, 15) is 0 Å². The molecule has 28 heavy (non-hydrogen) atoms. The Morgan fingerprint density at radius 1 is 0.821 bits per heavy atom. The summed E-state index contributed by atoms with van der Waals surface area (Å²) in [5.41, 5.74) is 11.7. The van der Waals surface area contributed by atoms with Crippen LogP contribution in [0.25, 0.3) is 33.2 Å². The number of nitrogens with zero attached hydrogens (tertiary/aromatic N) is 1. The van der Waals surface area contributed by atoms with Crippen molar-refractivity contribution in [1.82, 2.24) is 4.98 Å². The summed E-state index contributed by atoms with van der Waals surface area (Å²) in [6.07, 6.45) is 1.98. The predicted molar refractivity (Wildman–Crippen MR) is 119 cm³/mol. The van der Waals surface area contributed by atoms with Crippen molar-refractivity contribution in [3.63, 3.8) is 0 Å². The Hall–Kier alpha value is -2.93.